The topological polar surface area (TPSA) is 86.7 Å². The van der Waals surface area contributed by atoms with Gasteiger partial charge in [-0.05, 0) is 36.6 Å². The van der Waals surface area contributed by atoms with Crippen LogP contribution in [-0.4, -0.2) is 44.9 Å². The monoisotopic (exact) mass is 402 g/mol. The molecule has 2 aromatic rings. The Kier molecular flexibility index (Phi) is 6.05. The number of sulfonamides is 1. The van der Waals surface area contributed by atoms with Crippen LogP contribution in [0.3, 0.4) is 0 Å². The Labute approximate surface area is 166 Å². The smallest absolute Gasteiger partial charge is 0.251 e. The molecule has 3 rings (SSSR count). The lowest BCUT2D eigenvalue weighted by Crippen LogP contribution is -2.39. The van der Waals surface area contributed by atoms with Gasteiger partial charge in [0.05, 0.1) is 18.0 Å². The third-order valence-electron chi connectivity index (χ3n) is 5.03. The first kappa shape index (κ1) is 20.4. The Morgan fingerprint density at radius 1 is 1.18 bits per heavy atom. The highest BCUT2D eigenvalue weighted by atomic mass is 32.2. The van der Waals surface area contributed by atoms with Crippen molar-refractivity contribution in [1.29, 1.82) is 0 Å². The maximum absolute atomic E-state index is 12.6. The summed E-state index contributed by atoms with van der Waals surface area (Å²) >= 11 is 0. The van der Waals surface area contributed by atoms with Crippen LogP contribution in [0.4, 0.5) is 5.69 Å². The number of nitrogens with one attached hydrogen (secondary N) is 1. The van der Waals surface area contributed by atoms with Crippen molar-refractivity contribution < 1.29 is 18.3 Å². The highest BCUT2D eigenvalue weighted by molar-refractivity contribution is 7.93. The van der Waals surface area contributed by atoms with Crippen LogP contribution in [0.1, 0.15) is 29.3 Å². The van der Waals surface area contributed by atoms with Gasteiger partial charge in [-0.15, -0.1) is 0 Å². The molecule has 150 valence electrons. The Bertz CT molecular complexity index is 930. The third-order valence-corrected chi connectivity index (χ3v) is 6.90. The van der Waals surface area contributed by atoms with E-state index in [2.05, 4.69) is 5.32 Å². The average Bonchev–Trinajstić information content (AvgIpc) is 3.06. The van der Waals surface area contributed by atoms with Crippen LogP contribution in [0.5, 0.6) is 0 Å². The van der Waals surface area contributed by atoms with E-state index in [9.17, 15) is 18.3 Å². The summed E-state index contributed by atoms with van der Waals surface area (Å²) in [7, 11) is -3.29. The van der Waals surface area contributed by atoms with E-state index in [1.54, 1.807) is 24.3 Å². The number of hydrogen-bond acceptors (Lipinski definition) is 4. The molecule has 0 saturated carbocycles. The minimum absolute atomic E-state index is 0.0613. The number of rotatable bonds is 7. The highest BCUT2D eigenvalue weighted by Gasteiger charge is 2.29. The first-order chi connectivity index (χ1) is 13.3. The van der Waals surface area contributed by atoms with Gasteiger partial charge in [-0.2, -0.15) is 0 Å². The molecule has 1 aliphatic heterocycles. The fourth-order valence-corrected chi connectivity index (χ4v) is 4.95. The van der Waals surface area contributed by atoms with Crippen LogP contribution in [0.25, 0.3) is 0 Å². The maximum Gasteiger partial charge on any atom is 0.251 e. The molecule has 0 spiro atoms. The molecule has 1 heterocycles. The van der Waals surface area contributed by atoms with Crippen LogP contribution in [0.2, 0.25) is 0 Å². The van der Waals surface area contributed by atoms with E-state index in [1.807, 2.05) is 37.3 Å². The van der Waals surface area contributed by atoms with Gasteiger partial charge < -0.3 is 10.4 Å². The van der Waals surface area contributed by atoms with Crippen molar-refractivity contribution in [2.24, 2.45) is 5.41 Å². The van der Waals surface area contributed by atoms with Crippen LogP contribution in [0.15, 0.2) is 54.6 Å². The minimum atomic E-state index is -3.29. The largest absolute Gasteiger partial charge is 0.396 e. The van der Waals surface area contributed by atoms with E-state index >= 15 is 0 Å². The van der Waals surface area contributed by atoms with Gasteiger partial charge in [-0.3, -0.25) is 9.10 Å². The molecule has 2 aromatic carbocycles. The van der Waals surface area contributed by atoms with E-state index in [-0.39, 0.29) is 18.3 Å². The van der Waals surface area contributed by atoms with Gasteiger partial charge in [0, 0.05) is 24.1 Å². The van der Waals surface area contributed by atoms with E-state index in [0.717, 1.165) is 5.56 Å². The molecule has 0 aromatic heterocycles. The van der Waals surface area contributed by atoms with Gasteiger partial charge in [0.25, 0.3) is 5.91 Å². The Morgan fingerprint density at radius 3 is 2.57 bits per heavy atom. The second-order valence-electron chi connectivity index (χ2n) is 7.61. The van der Waals surface area contributed by atoms with E-state index < -0.39 is 15.4 Å². The minimum Gasteiger partial charge on any atom is -0.396 e. The van der Waals surface area contributed by atoms with E-state index in [4.69, 9.17) is 0 Å². The predicted octanol–water partition coefficient (Wildman–Crippen LogP) is 2.20. The molecule has 1 fully saturated rings. The number of carbonyl (C=O) groups excluding carboxylic acids is 1. The molecule has 1 amide bonds. The molecule has 28 heavy (non-hydrogen) atoms. The van der Waals surface area contributed by atoms with E-state index in [0.29, 0.717) is 37.2 Å². The molecule has 6 nitrogen and oxygen atoms in total. The molecule has 2 N–H and O–H groups in total. The van der Waals surface area contributed by atoms with Crippen molar-refractivity contribution in [2.75, 3.05) is 29.8 Å². The lowest BCUT2D eigenvalue weighted by molar-refractivity contribution is 0.0895. The summed E-state index contributed by atoms with van der Waals surface area (Å²) in [6.45, 7) is 2.61. The highest BCUT2D eigenvalue weighted by Crippen LogP contribution is 2.25. The number of amides is 1. The SMILES string of the molecule is C[C@](CO)(CNC(=O)c1cccc(N2CCCS2(=O)=O)c1)Cc1ccccc1. The van der Waals surface area contributed by atoms with Gasteiger partial charge in [0.1, 0.15) is 0 Å². The van der Waals surface area contributed by atoms with Crippen LogP contribution >= 0.6 is 0 Å². The number of benzene rings is 2. The summed E-state index contributed by atoms with van der Waals surface area (Å²) in [5.74, 6) is -0.149. The normalized spacial score (nSPS) is 17.9. The van der Waals surface area contributed by atoms with E-state index in [1.165, 1.54) is 4.31 Å². The molecule has 0 radical (unpaired) electrons. The Balaban J connectivity index is 1.68. The maximum atomic E-state index is 12.6. The zero-order valence-electron chi connectivity index (χ0n) is 16.0. The fourth-order valence-electron chi connectivity index (χ4n) is 3.39. The molecule has 7 heteroatoms. The summed E-state index contributed by atoms with van der Waals surface area (Å²) in [4.78, 5) is 12.6. The first-order valence-electron chi connectivity index (χ1n) is 9.36. The fraction of sp³-hybridized carbons (Fsp3) is 0.381. The second-order valence-corrected chi connectivity index (χ2v) is 9.62. The lowest BCUT2D eigenvalue weighted by atomic mass is 9.84. The molecule has 0 unspecified atom stereocenters. The lowest BCUT2D eigenvalue weighted by Gasteiger charge is -2.28. The van der Waals surface area contributed by atoms with Crippen molar-refractivity contribution in [2.45, 2.75) is 19.8 Å². The van der Waals surface area contributed by atoms with Gasteiger partial charge in [0.15, 0.2) is 0 Å². The van der Waals surface area contributed by atoms with Gasteiger partial charge in [0.2, 0.25) is 10.0 Å². The molecule has 1 aliphatic rings. The van der Waals surface area contributed by atoms with Crippen molar-refractivity contribution in [3.8, 4) is 0 Å². The number of hydrogen-bond donors (Lipinski definition) is 2. The van der Waals surface area contributed by atoms with Crippen molar-refractivity contribution in [1.82, 2.24) is 5.32 Å². The summed E-state index contributed by atoms with van der Waals surface area (Å²) in [6, 6.07) is 16.5. The summed E-state index contributed by atoms with van der Waals surface area (Å²) in [6.07, 6.45) is 1.23. The molecule has 1 saturated heterocycles. The third kappa shape index (κ3) is 4.72. The second kappa shape index (κ2) is 8.32. The predicted molar refractivity (Wildman–Crippen MR) is 110 cm³/mol. The van der Waals surface area contributed by atoms with Crippen LogP contribution in [0, 0.1) is 5.41 Å². The number of aliphatic hydroxyl groups excluding tert-OH is 1. The molecule has 1 atom stereocenters. The number of carbonyl (C=O) groups is 1. The first-order valence-corrected chi connectivity index (χ1v) is 11.0. The zero-order chi connectivity index (χ0) is 20.2. The molecular formula is C21H26N2O4S. The summed E-state index contributed by atoms with van der Waals surface area (Å²) < 4.78 is 25.6. The molecule has 0 aliphatic carbocycles. The quantitative estimate of drug-likeness (QED) is 0.743. The Hall–Kier alpha value is -2.38. The van der Waals surface area contributed by atoms with Crippen molar-refractivity contribution in [3.63, 3.8) is 0 Å². The van der Waals surface area contributed by atoms with Crippen LogP contribution in [-0.2, 0) is 16.4 Å². The number of nitrogens with zero attached hydrogens (tertiary/aromatic N) is 1. The van der Waals surface area contributed by atoms with Crippen LogP contribution < -0.4 is 9.62 Å². The van der Waals surface area contributed by atoms with Gasteiger partial charge in [-0.25, -0.2) is 8.42 Å². The number of anilines is 1. The number of aliphatic hydroxyl groups is 1. The van der Waals surface area contributed by atoms with Gasteiger partial charge >= 0.3 is 0 Å². The standard InChI is InChI=1S/C21H26N2O4S/c1-21(16-24,14-17-7-3-2-4-8-17)15-22-20(25)18-9-5-10-19(13-18)23-11-6-12-28(23,26)27/h2-5,7-10,13,24H,6,11-12,14-16H2,1H3,(H,22,25)/t21-/m1/s1. The summed E-state index contributed by atoms with van der Waals surface area (Å²) in [5, 5.41) is 12.7. The van der Waals surface area contributed by atoms with Crippen molar-refractivity contribution >= 4 is 21.6 Å². The molecular weight excluding hydrogens is 376 g/mol. The summed E-state index contributed by atoms with van der Waals surface area (Å²) in [5.41, 5.74) is 1.51. The Morgan fingerprint density at radius 2 is 1.93 bits per heavy atom. The molecule has 0 bridgehead atoms. The zero-order valence-corrected chi connectivity index (χ0v) is 16.8. The van der Waals surface area contributed by atoms with Crippen molar-refractivity contribution in [3.05, 3.63) is 65.7 Å². The average molecular weight is 403 g/mol. The van der Waals surface area contributed by atoms with Gasteiger partial charge in [-0.1, -0.05) is 43.3 Å².